The molecule has 4 aromatic rings. The predicted molar refractivity (Wildman–Crippen MR) is 121 cm³/mol. The summed E-state index contributed by atoms with van der Waals surface area (Å²) in [4.78, 5) is 48.6. The van der Waals surface area contributed by atoms with Crippen molar-refractivity contribution in [3.63, 3.8) is 0 Å². The molecule has 0 saturated carbocycles. The number of carbonyl (C=O) groups excluding carboxylic acids is 2. The minimum absolute atomic E-state index is 0.00976. The van der Waals surface area contributed by atoms with E-state index in [0.29, 0.717) is 33.8 Å². The monoisotopic (exact) mass is 460 g/mol. The smallest absolute Gasteiger partial charge is 0.335 e. The summed E-state index contributed by atoms with van der Waals surface area (Å²) in [5.74, 6) is -1.11. The molecule has 1 unspecified atom stereocenters. The molecule has 0 bridgehead atoms. The van der Waals surface area contributed by atoms with Crippen LogP contribution in [0.3, 0.4) is 0 Å². The molecular formula is C22H20N8O4. The van der Waals surface area contributed by atoms with Crippen molar-refractivity contribution in [2.75, 3.05) is 5.32 Å². The van der Waals surface area contributed by atoms with Crippen LogP contribution >= 0.6 is 0 Å². The number of carboxylic acid groups (broad SMARTS) is 1. The van der Waals surface area contributed by atoms with Gasteiger partial charge in [0.25, 0.3) is 5.91 Å². The van der Waals surface area contributed by atoms with Crippen molar-refractivity contribution in [3.05, 3.63) is 47.4 Å². The van der Waals surface area contributed by atoms with E-state index in [1.54, 1.807) is 27.4 Å². The van der Waals surface area contributed by atoms with Crippen molar-refractivity contribution in [1.29, 1.82) is 0 Å². The van der Waals surface area contributed by atoms with Gasteiger partial charge in [0.05, 0.1) is 29.2 Å². The molecule has 34 heavy (non-hydrogen) atoms. The maximum atomic E-state index is 12.0. The van der Waals surface area contributed by atoms with Gasteiger partial charge in [0.1, 0.15) is 6.33 Å². The summed E-state index contributed by atoms with van der Waals surface area (Å²) in [7, 11) is 0. The molecule has 12 heteroatoms. The number of imide groups is 1. The molecule has 0 spiro atoms. The van der Waals surface area contributed by atoms with E-state index in [1.807, 2.05) is 13.8 Å². The largest absolute Gasteiger partial charge is 0.478 e. The molecule has 2 amide bonds. The number of anilines is 1. The molecule has 3 N–H and O–H groups in total. The van der Waals surface area contributed by atoms with Gasteiger partial charge in [0, 0.05) is 17.2 Å². The number of aromatic nitrogens is 6. The predicted octanol–water partition coefficient (Wildman–Crippen LogP) is 1.80. The number of benzene rings is 1. The van der Waals surface area contributed by atoms with Gasteiger partial charge in [0.15, 0.2) is 5.65 Å². The number of carboxylic acids is 1. The zero-order chi connectivity index (χ0) is 24.0. The first-order valence-corrected chi connectivity index (χ1v) is 10.6. The molecule has 1 aliphatic heterocycles. The minimum atomic E-state index is -1.04. The molecule has 1 aliphatic rings. The maximum Gasteiger partial charge on any atom is 0.335 e. The summed E-state index contributed by atoms with van der Waals surface area (Å²) in [6.07, 6.45) is 5.51. The highest BCUT2D eigenvalue weighted by Gasteiger charge is 2.25. The molecule has 172 valence electrons. The van der Waals surface area contributed by atoms with Gasteiger partial charge in [-0.1, -0.05) is 6.92 Å². The fraction of sp³-hybridized carbons (Fsp3) is 0.227. The van der Waals surface area contributed by atoms with Crippen molar-refractivity contribution in [3.8, 4) is 5.95 Å². The van der Waals surface area contributed by atoms with Crippen molar-refractivity contribution in [2.24, 2.45) is 0 Å². The lowest BCUT2D eigenvalue weighted by Crippen LogP contribution is -2.19. The van der Waals surface area contributed by atoms with E-state index in [0.717, 1.165) is 6.42 Å². The Kier molecular flexibility index (Phi) is 5.04. The van der Waals surface area contributed by atoms with Crippen molar-refractivity contribution in [2.45, 2.75) is 32.7 Å². The van der Waals surface area contributed by atoms with Gasteiger partial charge in [-0.05, 0) is 37.6 Å². The highest BCUT2D eigenvalue weighted by molar-refractivity contribution is 6.15. The summed E-state index contributed by atoms with van der Waals surface area (Å²) >= 11 is 0. The summed E-state index contributed by atoms with van der Waals surface area (Å²) in [6, 6.07) is 4.71. The van der Waals surface area contributed by atoms with E-state index in [2.05, 4.69) is 30.7 Å². The second-order valence-corrected chi connectivity index (χ2v) is 7.98. The van der Waals surface area contributed by atoms with Gasteiger partial charge in [-0.3, -0.25) is 19.5 Å². The highest BCUT2D eigenvalue weighted by Crippen LogP contribution is 2.23. The van der Waals surface area contributed by atoms with Crippen molar-refractivity contribution in [1.82, 2.24) is 34.4 Å². The lowest BCUT2D eigenvalue weighted by Gasteiger charge is -2.14. The van der Waals surface area contributed by atoms with Crippen LogP contribution in [0.25, 0.3) is 28.7 Å². The van der Waals surface area contributed by atoms with E-state index >= 15 is 0 Å². The molecule has 4 heterocycles. The molecular weight excluding hydrogens is 440 g/mol. The topological polar surface area (TPSA) is 156 Å². The number of hydrogen-bond acceptors (Lipinski definition) is 8. The third-order valence-corrected chi connectivity index (χ3v) is 5.61. The number of fused-ring (bicyclic) bond motifs is 2. The van der Waals surface area contributed by atoms with Crippen LogP contribution in [0, 0.1) is 0 Å². The summed E-state index contributed by atoms with van der Waals surface area (Å²) < 4.78 is 3.19. The zero-order valence-electron chi connectivity index (χ0n) is 18.3. The molecule has 0 radical (unpaired) electrons. The van der Waals surface area contributed by atoms with Crippen LogP contribution in [0.1, 0.15) is 42.6 Å². The Morgan fingerprint density at radius 2 is 2.15 bits per heavy atom. The van der Waals surface area contributed by atoms with E-state index in [1.165, 1.54) is 18.5 Å². The Bertz CT molecular complexity index is 1520. The third kappa shape index (κ3) is 3.64. The standard InChI is InChI=1S/C22H20N8O4/c1-3-11(2)25-22-28-21(29-10-23-15-7-12(20(33)34)4-5-16(15)29)27-18-14(9-24-30(18)22)6-13-8-17(31)26-19(13)32/h4-7,9-11H,3,8H2,1-2H3,(H,33,34)(H,25,27,28)(H,26,31,32)/b13-6+. The van der Waals surface area contributed by atoms with Crippen LogP contribution in [0.15, 0.2) is 36.3 Å². The van der Waals surface area contributed by atoms with E-state index in [4.69, 9.17) is 0 Å². The van der Waals surface area contributed by atoms with Crippen molar-refractivity contribution >= 4 is 46.5 Å². The SMILES string of the molecule is CCC(C)Nc1nc(-n2cnc3cc(C(=O)O)ccc32)nc2c(/C=C3\CC(=O)NC3=O)cnn12. The number of nitrogens with zero attached hydrogens (tertiary/aromatic N) is 6. The number of hydrogen-bond donors (Lipinski definition) is 3. The van der Waals surface area contributed by atoms with E-state index in [-0.39, 0.29) is 29.9 Å². The second-order valence-electron chi connectivity index (χ2n) is 7.98. The molecule has 1 fully saturated rings. The lowest BCUT2D eigenvalue weighted by molar-refractivity contribution is -0.124. The average Bonchev–Trinajstić information content (AvgIpc) is 3.50. The Morgan fingerprint density at radius 1 is 1.32 bits per heavy atom. The number of aromatic carboxylic acids is 1. The molecule has 1 aromatic carbocycles. The van der Waals surface area contributed by atoms with Crippen LogP contribution in [-0.2, 0) is 9.59 Å². The average molecular weight is 460 g/mol. The van der Waals surface area contributed by atoms with Gasteiger partial charge >= 0.3 is 5.97 Å². The molecule has 1 saturated heterocycles. The van der Waals surface area contributed by atoms with Crippen LogP contribution in [-0.4, -0.2) is 58.1 Å². The van der Waals surface area contributed by atoms with E-state index in [9.17, 15) is 19.5 Å². The molecule has 1 atom stereocenters. The van der Waals surface area contributed by atoms with Crippen molar-refractivity contribution < 1.29 is 19.5 Å². The van der Waals surface area contributed by atoms with Gasteiger partial charge in [-0.2, -0.15) is 19.6 Å². The Balaban J connectivity index is 1.68. The molecule has 12 nitrogen and oxygen atoms in total. The first-order chi connectivity index (χ1) is 16.3. The minimum Gasteiger partial charge on any atom is -0.478 e. The van der Waals surface area contributed by atoms with Gasteiger partial charge in [-0.25, -0.2) is 9.78 Å². The van der Waals surface area contributed by atoms with Crippen LogP contribution < -0.4 is 10.6 Å². The van der Waals surface area contributed by atoms with Crippen LogP contribution in [0.5, 0.6) is 0 Å². The first-order valence-electron chi connectivity index (χ1n) is 10.6. The summed E-state index contributed by atoms with van der Waals surface area (Å²) in [5.41, 5.74) is 2.54. The molecule has 0 aliphatic carbocycles. The quantitative estimate of drug-likeness (QED) is 0.288. The first kappa shape index (κ1) is 21.2. The van der Waals surface area contributed by atoms with Crippen LogP contribution in [0.2, 0.25) is 0 Å². The molecule has 5 rings (SSSR count). The number of nitrogens with one attached hydrogen (secondary N) is 2. The summed E-state index contributed by atoms with van der Waals surface area (Å²) in [6.45, 7) is 4.05. The van der Waals surface area contributed by atoms with Gasteiger partial charge in [0.2, 0.25) is 17.8 Å². The van der Waals surface area contributed by atoms with Gasteiger partial charge < -0.3 is 10.4 Å². The Morgan fingerprint density at radius 3 is 2.85 bits per heavy atom. The normalized spacial score (nSPS) is 15.9. The maximum absolute atomic E-state index is 12.0. The fourth-order valence-corrected chi connectivity index (χ4v) is 3.62. The summed E-state index contributed by atoms with van der Waals surface area (Å²) in [5, 5.41) is 19.2. The third-order valence-electron chi connectivity index (χ3n) is 5.61. The Hall–Kier alpha value is -4.61. The lowest BCUT2D eigenvalue weighted by atomic mass is 10.1. The zero-order valence-corrected chi connectivity index (χ0v) is 18.3. The number of carbonyl (C=O) groups is 3. The second kappa shape index (κ2) is 8.06. The van der Waals surface area contributed by atoms with E-state index < -0.39 is 11.9 Å². The fourth-order valence-electron chi connectivity index (χ4n) is 3.62. The van der Waals surface area contributed by atoms with Crippen LogP contribution in [0.4, 0.5) is 5.95 Å². The Labute approximate surface area is 192 Å². The molecule has 3 aromatic heterocycles. The highest BCUT2D eigenvalue weighted by atomic mass is 16.4. The number of amides is 2. The number of imidazole rings is 1. The number of rotatable bonds is 6. The van der Waals surface area contributed by atoms with Gasteiger partial charge in [-0.15, -0.1) is 0 Å².